The van der Waals surface area contributed by atoms with Gasteiger partial charge in [0, 0.05) is 45.8 Å². The van der Waals surface area contributed by atoms with Crippen molar-refractivity contribution in [3.63, 3.8) is 0 Å². The fourth-order valence-corrected chi connectivity index (χ4v) is 3.93. The molecule has 0 spiro atoms. The maximum Gasteiger partial charge on any atom is 0.148 e. The highest BCUT2D eigenvalue weighted by atomic mass is 16.1. The summed E-state index contributed by atoms with van der Waals surface area (Å²) in [6.45, 7) is 12.1. The van der Waals surface area contributed by atoms with E-state index >= 15 is 0 Å². The molecular formula is C22H38N4O5. The van der Waals surface area contributed by atoms with Gasteiger partial charge in [0.2, 0.25) is 0 Å². The Morgan fingerprint density at radius 2 is 0.903 bits per heavy atom. The van der Waals surface area contributed by atoms with E-state index in [1.54, 1.807) is 6.92 Å². The van der Waals surface area contributed by atoms with Crippen molar-refractivity contribution in [2.45, 2.75) is 40.7 Å². The summed E-state index contributed by atoms with van der Waals surface area (Å²) in [5.41, 5.74) is 0. The van der Waals surface area contributed by atoms with Gasteiger partial charge in [0.1, 0.15) is 28.9 Å². The minimum atomic E-state index is -0.525. The van der Waals surface area contributed by atoms with E-state index in [2.05, 4.69) is 0 Å². The normalized spacial score (nSPS) is 21.1. The van der Waals surface area contributed by atoms with Crippen molar-refractivity contribution in [1.82, 2.24) is 19.6 Å². The smallest absolute Gasteiger partial charge is 0.148 e. The molecule has 0 aromatic heterocycles. The lowest BCUT2D eigenvalue weighted by atomic mass is 10.1. The van der Waals surface area contributed by atoms with Crippen molar-refractivity contribution in [3.05, 3.63) is 0 Å². The van der Waals surface area contributed by atoms with Gasteiger partial charge in [-0.3, -0.25) is 43.6 Å². The lowest BCUT2D eigenvalue weighted by Gasteiger charge is -2.37. The van der Waals surface area contributed by atoms with E-state index in [4.69, 9.17) is 0 Å². The summed E-state index contributed by atoms with van der Waals surface area (Å²) >= 11 is 0. The molecule has 0 aliphatic carbocycles. The van der Waals surface area contributed by atoms with E-state index in [9.17, 15) is 24.0 Å². The summed E-state index contributed by atoms with van der Waals surface area (Å²) in [5.74, 6) is -0.0114. The molecular weight excluding hydrogens is 400 g/mol. The number of hydrogen-bond donors (Lipinski definition) is 0. The van der Waals surface area contributed by atoms with Gasteiger partial charge in [-0.2, -0.15) is 0 Å². The van der Waals surface area contributed by atoms with Crippen molar-refractivity contribution >= 4 is 28.9 Å². The van der Waals surface area contributed by atoms with E-state index in [-0.39, 0.29) is 48.6 Å². The molecule has 1 aliphatic heterocycles. The Kier molecular flexibility index (Phi) is 11.9. The molecule has 1 saturated heterocycles. The van der Waals surface area contributed by atoms with Crippen LogP contribution in [0.2, 0.25) is 0 Å². The number of nitrogens with zero attached hydrogens (tertiary/aromatic N) is 4. The first-order valence-electron chi connectivity index (χ1n) is 10.9. The molecule has 0 amide bonds. The van der Waals surface area contributed by atoms with E-state index in [1.807, 2.05) is 19.6 Å². The topological polar surface area (TPSA) is 98.3 Å². The SMILES string of the molecule is CC(=O)CN1CCN(CC(C)=O)CCN(CC(C)=O)C(C(C)=O)CN(CC(C)=O)CC1. The second-order valence-corrected chi connectivity index (χ2v) is 8.69. The number of hydrogen-bond acceptors (Lipinski definition) is 9. The number of Topliss-reactive ketones (excluding diaryl/α,β-unsaturated/α-hetero) is 5. The van der Waals surface area contributed by atoms with Crippen LogP contribution in [0.25, 0.3) is 0 Å². The second-order valence-electron chi connectivity index (χ2n) is 8.69. The fraction of sp³-hybridized carbons (Fsp3) is 0.773. The Balaban J connectivity index is 3.19. The van der Waals surface area contributed by atoms with Crippen LogP contribution < -0.4 is 0 Å². The molecule has 0 aromatic carbocycles. The summed E-state index contributed by atoms with van der Waals surface area (Å²) < 4.78 is 0. The number of rotatable bonds is 9. The standard InChI is InChI=1S/C22H38N4O5/c1-17(27)12-23-6-7-24(13-18(2)28)10-11-26(15-20(4)30)22(21(5)31)16-25(9-8-23)14-19(3)29/h22H,6-16H2,1-5H3. The molecule has 1 unspecified atom stereocenters. The van der Waals surface area contributed by atoms with Crippen molar-refractivity contribution in [2.75, 3.05) is 72.0 Å². The molecule has 1 atom stereocenters. The molecule has 1 fully saturated rings. The first kappa shape index (κ1) is 27.2. The van der Waals surface area contributed by atoms with Crippen LogP contribution in [0.3, 0.4) is 0 Å². The highest BCUT2D eigenvalue weighted by Gasteiger charge is 2.28. The zero-order chi connectivity index (χ0) is 23.6. The summed E-state index contributed by atoms with van der Waals surface area (Å²) in [4.78, 5) is 67.6. The quantitative estimate of drug-likeness (QED) is 0.473. The van der Waals surface area contributed by atoms with Gasteiger partial charge in [-0.05, 0) is 34.6 Å². The fourth-order valence-electron chi connectivity index (χ4n) is 3.93. The average Bonchev–Trinajstić information content (AvgIpc) is 2.61. The molecule has 0 aromatic rings. The molecule has 0 radical (unpaired) electrons. The van der Waals surface area contributed by atoms with E-state index in [1.165, 1.54) is 27.7 Å². The second kappa shape index (κ2) is 13.6. The molecule has 176 valence electrons. The van der Waals surface area contributed by atoms with Crippen LogP contribution in [0.1, 0.15) is 34.6 Å². The molecule has 1 heterocycles. The Morgan fingerprint density at radius 1 is 0.548 bits per heavy atom. The minimum Gasteiger partial charge on any atom is -0.299 e. The van der Waals surface area contributed by atoms with Crippen LogP contribution >= 0.6 is 0 Å². The lowest BCUT2D eigenvalue weighted by molar-refractivity contribution is -0.127. The molecule has 9 heteroatoms. The minimum absolute atomic E-state index is 0.00161. The molecule has 1 rings (SSSR count). The van der Waals surface area contributed by atoms with Gasteiger partial charge >= 0.3 is 0 Å². The number of carbonyl (C=O) groups is 5. The summed E-state index contributed by atoms with van der Waals surface area (Å²) in [7, 11) is 0. The molecule has 1 aliphatic rings. The predicted molar refractivity (Wildman–Crippen MR) is 118 cm³/mol. The van der Waals surface area contributed by atoms with Crippen LogP contribution in [-0.2, 0) is 24.0 Å². The van der Waals surface area contributed by atoms with Crippen LogP contribution in [0.15, 0.2) is 0 Å². The Bertz CT molecular complexity index is 666. The van der Waals surface area contributed by atoms with Crippen molar-refractivity contribution in [1.29, 1.82) is 0 Å². The van der Waals surface area contributed by atoms with E-state index in [0.29, 0.717) is 52.4 Å². The van der Waals surface area contributed by atoms with Gasteiger partial charge in [0.25, 0.3) is 0 Å². The molecule has 31 heavy (non-hydrogen) atoms. The largest absolute Gasteiger partial charge is 0.299 e. The van der Waals surface area contributed by atoms with Crippen molar-refractivity contribution in [2.24, 2.45) is 0 Å². The van der Waals surface area contributed by atoms with Crippen LogP contribution in [0.4, 0.5) is 0 Å². The van der Waals surface area contributed by atoms with E-state index < -0.39 is 6.04 Å². The zero-order valence-corrected chi connectivity index (χ0v) is 19.7. The van der Waals surface area contributed by atoms with Gasteiger partial charge in [-0.25, -0.2) is 0 Å². The average molecular weight is 439 g/mol. The van der Waals surface area contributed by atoms with Crippen LogP contribution in [0.5, 0.6) is 0 Å². The van der Waals surface area contributed by atoms with Crippen LogP contribution in [-0.4, -0.2) is 127 Å². The maximum absolute atomic E-state index is 12.5. The third kappa shape index (κ3) is 11.4. The first-order chi connectivity index (χ1) is 14.5. The third-order valence-electron chi connectivity index (χ3n) is 5.27. The molecule has 0 N–H and O–H groups in total. The Hall–Kier alpha value is -1.81. The monoisotopic (exact) mass is 438 g/mol. The van der Waals surface area contributed by atoms with E-state index in [0.717, 1.165) is 0 Å². The number of ketones is 5. The van der Waals surface area contributed by atoms with Gasteiger partial charge in [0.15, 0.2) is 0 Å². The highest BCUT2D eigenvalue weighted by molar-refractivity contribution is 5.84. The van der Waals surface area contributed by atoms with Gasteiger partial charge in [-0.1, -0.05) is 0 Å². The highest BCUT2D eigenvalue weighted by Crippen LogP contribution is 2.08. The van der Waals surface area contributed by atoms with Crippen molar-refractivity contribution < 1.29 is 24.0 Å². The predicted octanol–water partition coefficient (Wildman–Crippen LogP) is -0.478. The first-order valence-corrected chi connectivity index (χ1v) is 10.9. The number of carbonyl (C=O) groups excluding carboxylic acids is 5. The summed E-state index contributed by atoms with van der Waals surface area (Å²) in [6, 6.07) is -0.525. The maximum atomic E-state index is 12.5. The van der Waals surface area contributed by atoms with Gasteiger partial charge < -0.3 is 0 Å². The van der Waals surface area contributed by atoms with Gasteiger partial charge in [-0.15, -0.1) is 0 Å². The van der Waals surface area contributed by atoms with Crippen molar-refractivity contribution in [3.8, 4) is 0 Å². The Labute approximate surface area is 185 Å². The lowest BCUT2D eigenvalue weighted by Crippen LogP contribution is -2.54. The van der Waals surface area contributed by atoms with Gasteiger partial charge in [0.05, 0.1) is 32.2 Å². The molecule has 9 nitrogen and oxygen atoms in total. The summed E-state index contributed by atoms with van der Waals surface area (Å²) in [5, 5.41) is 0. The zero-order valence-electron chi connectivity index (χ0n) is 19.7. The molecule has 0 saturated carbocycles. The van der Waals surface area contributed by atoms with Crippen LogP contribution in [0, 0.1) is 0 Å². The molecule has 0 bridgehead atoms. The third-order valence-corrected chi connectivity index (χ3v) is 5.27. The Morgan fingerprint density at radius 3 is 1.29 bits per heavy atom. The summed E-state index contributed by atoms with van der Waals surface area (Å²) in [6.07, 6.45) is 0.